The Bertz CT molecular complexity index is 387. The van der Waals surface area contributed by atoms with Crippen LogP contribution in [0.3, 0.4) is 0 Å². The van der Waals surface area contributed by atoms with Crippen LogP contribution in [0.15, 0.2) is 0 Å². The Morgan fingerprint density at radius 2 is 1.74 bits per heavy atom. The number of carbonyl (C=O) groups is 1. The first-order valence-electron chi connectivity index (χ1n) is 8.73. The molecule has 4 aliphatic carbocycles. The van der Waals surface area contributed by atoms with Crippen molar-refractivity contribution in [3.05, 3.63) is 0 Å². The minimum absolute atomic E-state index is 0.0860. The van der Waals surface area contributed by atoms with E-state index >= 15 is 0 Å². The Morgan fingerprint density at radius 1 is 0.895 bits per heavy atom. The van der Waals surface area contributed by atoms with Crippen LogP contribution in [0.1, 0.15) is 71.1 Å². The molecule has 4 fully saturated rings. The maximum Gasteiger partial charge on any atom is 0.139 e. The molecule has 0 aromatic rings. The molecule has 4 rings (SSSR count). The summed E-state index contributed by atoms with van der Waals surface area (Å²) in [6.07, 6.45) is 13.6. The zero-order valence-electron chi connectivity index (χ0n) is 12.4. The highest BCUT2D eigenvalue weighted by atomic mass is 16.1. The van der Waals surface area contributed by atoms with Crippen LogP contribution >= 0.6 is 0 Å². The van der Waals surface area contributed by atoms with Gasteiger partial charge in [-0.05, 0) is 68.1 Å². The first-order valence-corrected chi connectivity index (χ1v) is 8.73. The molecule has 0 aromatic heterocycles. The fourth-order valence-corrected chi connectivity index (χ4v) is 6.60. The molecule has 6 atom stereocenters. The zero-order chi connectivity index (χ0) is 13.0. The molecule has 4 saturated carbocycles. The molecule has 0 radical (unpaired) electrons. The van der Waals surface area contributed by atoms with E-state index < -0.39 is 0 Å². The summed E-state index contributed by atoms with van der Waals surface area (Å²) in [5.74, 6) is 5.33. The van der Waals surface area contributed by atoms with Crippen LogP contribution in [0.25, 0.3) is 0 Å². The van der Waals surface area contributed by atoms with Crippen molar-refractivity contribution in [2.24, 2.45) is 35.0 Å². The molecule has 1 heteroatoms. The Balaban J connectivity index is 1.61. The van der Waals surface area contributed by atoms with Crippen LogP contribution in [0.5, 0.6) is 0 Å². The lowest BCUT2D eigenvalue weighted by Crippen LogP contribution is -2.48. The average molecular weight is 260 g/mol. The highest BCUT2D eigenvalue weighted by molar-refractivity contribution is 5.87. The normalized spacial score (nSPS) is 53.3. The molecule has 1 nitrogen and oxygen atoms in total. The van der Waals surface area contributed by atoms with Crippen LogP contribution < -0.4 is 0 Å². The maximum atomic E-state index is 12.3. The second-order valence-corrected chi connectivity index (χ2v) is 8.14. The standard InChI is InChI=1S/C18H28O/c1-18-11-10-14-13-5-3-2-4-12(13)6-7-15(14)16(18)8-9-17(18)19/h12-16H,2-11H2,1H3/t12-,13?,14?,15?,16?,18?/m1/s1. The average Bonchev–Trinajstić information content (AvgIpc) is 2.75. The largest absolute Gasteiger partial charge is 0.299 e. The molecular formula is C18H28O. The quantitative estimate of drug-likeness (QED) is 0.622. The van der Waals surface area contributed by atoms with E-state index in [1.807, 2.05) is 0 Å². The third-order valence-electron chi connectivity index (χ3n) is 7.59. The summed E-state index contributed by atoms with van der Waals surface area (Å²) >= 11 is 0. The Labute approximate surface area is 117 Å². The molecule has 5 unspecified atom stereocenters. The van der Waals surface area contributed by atoms with Gasteiger partial charge in [-0.1, -0.05) is 26.2 Å². The van der Waals surface area contributed by atoms with Gasteiger partial charge in [-0.25, -0.2) is 0 Å². The number of ketones is 1. The zero-order valence-corrected chi connectivity index (χ0v) is 12.4. The van der Waals surface area contributed by atoms with Gasteiger partial charge >= 0.3 is 0 Å². The van der Waals surface area contributed by atoms with Gasteiger partial charge in [0, 0.05) is 11.8 Å². The van der Waals surface area contributed by atoms with Crippen molar-refractivity contribution in [2.45, 2.75) is 71.1 Å². The van der Waals surface area contributed by atoms with Gasteiger partial charge in [0.2, 0.25) is 0 Å². The maximum absolute atomic E-state index is 12.3. The van der Waals surface area contributed by atoms with E-state index in [-0.39, 0.29) is 5.41 Å². The van der Waals surface area contributed by atoms with E-state index in [9.17, 15) is 4.79 Å². The Hall–Kier alpha value is -0.330. The van der Waals surface area contributed by atoms with Gasteiger partial charge in [-0.3, -0.25) is 4.79 Å². The number of fused-ring (bicyclic) bond motifs is 5. The molecule has 0 bridgehead atoms. The minimum atomic E-state index is 0.0860. The molecule has 4 aliphatic rings. The van der Waals surface area contributed by atoms with Crippen LogP contribution in [0, 0.1) is 35.0 Å². The van der Waals surface area contributed by atoms with Crippen molar-refractivity contribution in [1.82, 2.24) is 0 Å². The highest BCUT2D eigenvalue weighted by Crippen LogP contribution is 2.61. The number of rotatable bonds is 0. The van der Waals surface area contributed by atoms with E-state index in [1.165, 1.54) is 57.8 Å². The number of Topliss-reactive ketones (excluding diaryl/α,β-unsaturated/α-hetero) is 1. The second kappa shape index (κ2) is 4.33. The molecule has 19 heavy (non-hydrogen) atoms. The highest BCUT2D eigenvalue weighted by Gasteiger charge is 2.56. The lowest BCUT2D eigenvalue weighted by molar-refractivity contribution is -0.132. The molecule has 0 spiro atoms. The summed E-state index contributed by atoms with van der Waals surface area (Å²) in [6, 6.07) is 0. The molecule has 0 heterocycles. The predicted octanol–water partition coefficient (Wildman–Crippen LogP) is 4.60. The van der Waals surface area contributed by atoms with E-state index in [1.54, 1.807) is 0 Å². The lowest BCUT2D eigenvalue weighted by Gasteiger charge is -2.54. The SMILES string of the molecule is CC12CCC3C(CC[C@H]4CCCCC34)C1CCC2=O. The molecule has 106 valence electrons. The fraction of sp³-hybridized carbons (Fsp3) is 0.944. The van der Waals surface area contributed by atoms with Gasteiger partial charge in [0.25, 0.3) is 0 Å². The first-order chi connectivity index (χ1) is 9.20. The molecule has 0 amide bonds. The van der Waals surface area contributed by atoms with Crippen LogP contribution in [-0.2, 0) is 4.79 Å². The van der Waals surface area contributed by atoms with Crippen molar-refractivity contribution >= 4 is 5.78 Å². The third kappa shape index (κ3) is 1.69. The molecule has 0 aromatic carbocycles. The molecule has 0 N–H and O–H groups in total. The predicted molar refractivity (Wildman–Crippen MR) is 76.7 cm³/mol. The van der Waals surface area contributed by atoms with Crippen LogP contribution in [0.4, 0.5) is 0 Å². The second-order valence-electron chi connectivity index (χ2n) is 8.14. The smallest absolute Gasteiger partial charge is 0.139 e. The van der Waals surface area contributed by atoms with Crippen molar-refractivity contribution in [3.8, 4) is 0 Å². The summed E-state index contributed by atoms with van der Waals surface area (Å²) in [5.41, 5.74) is 0.0860. The van der Waals surface area contributed by atoms with E-state index in [2.05, 4.69) is 6.92 Å². The lowest BCUT2D eigenvalue weighted by atomic mass is 9.51. The topological polar surface area (TPSA) is 17.1 Å². The molecule has 0 saturated heterocycles. The van der Waals surface area contributed by atoms with Crippen molar-refractivity contribution in [3.63, 3.8) is 0 Å². The van der Waals surface area contributed by atoms with E-state index in [0.29, 0.717) is 5.78 Å². The van der Waals surface area contributed by atoms with Crippen molar-refractivity contribution < 1.29 is 4.79 Å². The van der Waals surface area contributed by atoms with E-state index in [0.717, 1.165) is 36.0 Å². The summed E-state index contributed by atoms with van der Waals surface area (Å²) in [5, 5.41) is 0. The summed E-state index contributed by atoms with van der Waals surface area (Å²) in [7, 11) is 0. The fourth-order valence-electron chi connectivity index (χ4n) is 6.60. The van der Waals surface area contributed by atoms with Crippen LogP contribution in [0.2, 0.25) is 0 Å². The number of carbonyl (C=O) groups excluding carboxylic acids is 1. The van der Waals surface area contributed by atoms with Crippen molar-refractivity contribution in [2.75, 3.05) is 0 Å². The summed E-state index contributed by atoms with van der Waals surface area (Å²) in [4.78, 5) is 12.3. The number of hydrogen-bond donors (Lipinski definition) is 0. The van der Waals surface area contributed by atoms with Crippen LogP contribution in [-0.4, -0.2) is 5.78 Å². The van der Waals surface area contributed by atoms with Gasteiger partial charge in [-0.2, -0.15) is 0 Å². The van der Waals surface area contributed by atoms with E-state index in [4.69, 9.17) is 0 Å². The summed E-state index contributed by atoms with van der Waals surface area (Å²) in [6.45, 7) is 2.30. The Kier molecular flexibility index (Phi) is 2.83. The monoisotopic (exact) mass is 260 g/mol. The van der Waals surface area contributed by atoms with Crippen molar-refractivity contribution in [1.29, 1.82) is 0 Å². The van der Waals surface area contributed by atoms with Gasteiger partial charge < -0.3 is 0 Å². The molecule has 0 aliphatic heterocycles. The van der Waals surface area contributed by atoms with Gasteiger partial charge in [-0.15, -0.1) is 0 Å². The van der Waals surface area contributed by atoms with Gasteiger partial charge in [0.05, 0.1) is 0 Å². The first kappa shape index (κ1) is 12.4. The van der Waals surface area contributed by atoms with Gasteiger partial charge in [0.15, 0.2) is 0 Å². The Morgan fingerprint density at radius 3 is 2.63 bits per heavy atom. The molecular weight excluding hydrogens is 232 g/mol. The minimum Gasteiger partial charge on any atom is -0.299 e. The number of hydrogen-bond acceptors (Lipinski definition) is 1. The summed E-state index contributed by atoms with van der Waals surface area (Å²) < 4.78 is 0. The third-order valence-corrected chi connectivity index (χ3v) is 7.59. The van der Waals surface area contributed by atoms with Gasteiger partial charge in [0.1, 0.15) is 5.78 Å².